The van der Waals surface area contributed by atoms with Crippen LogP contribution in [-0.4, -0.2) is 15.2 Å². The lowest BCUT2D eigenvalue weighted by atomic mass is 10.1. The normalized spacial score (nSPS) is 10.3. The van der Waals surface area contributed by atoms with Crippen LogP contribution >= 0.6 is 0 Å². The Bertz CT molecular complexity index is 877. The molecule has 1 aromatic carbocycles. The van der Waals surface area contributed by atoms with Gasteiger partial charge >= 0.3 is 0 Å². The van der Waals surface area contributed by atoms with Gasteiger partial charge in [0.25, 0.3) is 5.56 Å². The van der Waals surface area contributed by atoms with E-state index in [2.05, 4.69) is 21.3 Å². The number of benzene rings is 1. The second-order valence-electron chi connectivity index (χ2n) is 4.37. The number of H-pyrrole nitrogens is 1. The molecule has 0 aliphatic heterocycles. The van der Waals surface area contributed by atoms with Gasteiger partial charge in [0.05, 0.1) is 22.7 Å². The molecule has 0 atom stereocenters. The van der Waals surface area contributed by atoms with Crippen LogP contribution in [0.25, 0.3) is 10.8 Å². The van der Waals surface area contributed by atoms with Crippen molar-refractivity contribution in [1.82, 2.24) is 15.2 Å². The summed E-state index contributed by atoms with van der Waals surface area (Å²) < 4.78 is 0. The van der Waals surface area contributed by atoms with Gasteiger partial charge in [-0.2, -0.15) is 10.4 Å². The predicted molar refractivity (Wildman–Crippen MR) is 74.1 cm³/mol. The van der Waals surface area contributed by atoms with Gasteiger partial charge < -0.3 is 0 Å². The van der Waals surface area contributed by atoms with Gasteiger partial charge in [-0.25, -0.2) is 5.10 Å². The monoisotopic (exact) mass is 262 g/mol. The topological polar surface area (TPSA) is 82.4 Å². The van der Waals surface area contributed by atoms with Crippen LogP contribution < -0.4 is 5.56 Å². The molecule has 2 aromatic heterocycles. The lowest BCUT2D eigenvalue weighted by Crippen LogP contribution is -2.11. The number of pyridine rings is 1. The molecule has 0 saturated carbocycles. The molecule has 20 heavy (non-hydrogen) atoms. The van der Waals surface area contributed by atoms with Gasteiger partial charge in [-0.3, -0.25) is 9.78 Å². The lowest BCUT2D eigenvalue weighted by Gasteiger charge is -2.04. The van der Waals surface area contributed by atoms with Gasteiger partial charge in [-0.05, 0) is 18.2 Å². The fourth-order valence-corrected chi connectivity index (χ4v) is 2.12. The summed E-state index contributed by atoms with van der Waals surface area (Å²) in [6.45, 7) is 0. The minimum absolute atomic E-state index is 0.205. The summed E-state index contributed by atoms with van der Waals surface area (Å²) in [5, 5.41) is 16.9. The molecule has 5 heteroatoms. The maximum absolute atomic E-state index is 11.7. The van der Waals surface area contributed by atoms with Gasteiger partial charge in [0.2, 0.25) is 0 Å². The molecule has 0 spiro atoms. The number of aromatic amines is 1. The lowest BCUT2D eigenvalue weighted by molar-refractivity contribution is 0.917. The van der Waals surface area contributed by atoms with Crippen molar-refractivity contribution in [2.24, 2.45) is 0 Å². The third-order valence-corrected chi connectivity index (χ3v) is 3.07. The van der Waals surface area contributed by atoms with E-state index in [1.165, 1.54) is 0 Å². The first-order valence-electron chi connectivity index (χ1n) is 6.09. The highest BCUT2D eigenvalue weighted by atomic mass is 16.1. The molecular formula is C15H10N4O. The molecule has 2 heterocycles. The number of hydrogen-bond donors (Lipinski definition) is 1. The van der Waals surface area contributed by atoms with E-state index in [-0.39, 0.29) is 5.56 Å². The largest absolute Gasteiger partial charge is 0.272 e. The first-order valence-corrected chi connectivity index (χ1v) is 6.09. The van der Waals surface area contributed by atoms with Crippen LogP contribution in [0.4, 0.5) is 0 Å². The van der Waals surface area contributed by atoms with E-state index >= 15 is 0 Å². The van der Waals surface area contributed by atoms with Crippen LogP contribution in [0.15, 0.2) is 47.4 Å². The summed E-state index contributed by atoms with van der Waals surface area (Å²) in [6.07, 6.45) is 2.06. The zero-order valence-electron chi connectivity index (χ0n) is 10.5. The van der Waals surface area contributed by atoms with Crippen LogP contribution in [0, 0.1) is 11.3 Å². The van der Waals surface area contributed by atoms with Gasteiger partial charge in [-0.1, -0.05) is 18.2 Å². The van der Waals surface area contributed by atoms with Crippen molar-refractivity contribution in [3.63, 3.8) is 0 Å². The molecule has 0 bridgehead atoms. The maximum Gasteiger partial charge on any atom is 0.272 e. The Labute approximate surface area is 114 Å². The Kier molecular flexibility index (Phi) is 2.98. The van der Waals surface area contributed by atoms with E-state index in [9.17, 15) is 4.79 Å². The minimum atomic E-state index is -0.205. The van der Waals surface area contributed by atoms with Crippen molar-refractivity contribution in [3.05, 3.63) is 69.9 Å². The Morgan fingerprint density at radius 2 is 2.00 bits per heavy atom. The molecule has 0 fully saturated rings. The number of nitriles is 1. The minimum Gasteiger partial charge on any atom is -0.267 e. The SMILES string of the molecule is N#Cc1ccnc(Cc2n[nH]c(=O)c3ccccc23)c1. The summed E-state index contributed by atoms with van der Waals surface area (Å²) in [7, 11) is 0. The molecule has 0 aliphatic rings. The quantitative estimate of drug-likeness (QED) is 0.763. The van der Waals surface area contributed by atoms with E-state index < -0.39 is 0 Å². The molecule has 0 aliphatic carbocycles. The smallest absolute Gasteiger partial charge is 0.267 e. The van der Waals surface area contributed by atoms with Gasteiger partial charge in [-0.15, -0.1) is 0 Å². The molecule has 0 saturated heterocycles. The van der Waals surface area contributed by atoms with Crippen molar-refractivity contribution in [1.29, 1.82) is 5.26 Å². The van der Waals surface area contributed by atoms with Gasteiger partial charge in [0.1, 0.15) is 0 Å². The number of nitrogens with zero attached hydrogens (tertiary/aromatic N) is 3. The standard InChI is InChI=1S/C15H10N4O/c16-9-10-5-6-17-11(7-10)8-14-12-3-1-2-4-13(12)15(20)19-18-14/h1-7H,8H2,(H,19,20). The second-order valence-corrected chi connectivity index (χ2v) is 4.37. The Morgan fingerprint density at radius 3 is 2.80 bits per heavy atom. The fourth-order valence-electron chi connectivity index (χ4n) is 2.12. The highest BCUT2D eigenvalue weighted by Gasteiger charge is 2.07. The molecule has 5 nitrogen and oxygen atoms in total. The van der Waals surface area contributed by atoms with Crippen molar-refractivity contribution in [2.75, 3.05) is 0 Å². The van der Waals surface area contributed by atoms with E-state index in [0.29, 0.717) is 17.4 Å². The van der Waals surface area contributed by atoms with Crippen LogP contribution in [0.3, 0.4) is 0 Å². The summed E-state index contributed by atoms with van der Waals surface area (Å²) in [5.74, 6) is 0. The van der Waals surface area contributed by atoms with Crippen LogP contribution in [0.5, 0.6) is 0 Å². The second kappa shape index (κ2) is 4.94. The number of fused-ring (bicyclic) bond motifs is 1. The van der Waals surface area contributed by atoms with Crippen molar-refractivity contribution in [3.8, 4) is 6.07 Å². The first kappa shape index (κ1) is 12.1. The Balaban J connectivity index is 2.09. The van der Waals surface area contributed by atoms with Crippen LogP contribution in [0.1, 0.15) is 17.0 Å². The maximum atomic E-state index is 11.7. The third kappa shape index (κ3) is 2.15. The predicted octanol–water partition coefficient (Wildman–Crippen LogP) is 1.78. The number of aromatic nitrogens is 3. The van der Waals surface area contributed by atoms with Gasteiger partial charge in [0.15, 0.2) is 0 Å². The molecule has 0 unspecified atom stereocenters. The first-order chi connectivity index (χ1) is 9.78. The van der Waals surface area contributed by atoms with Crippen LogP contribution in [-0.2, 0) is 6.42 Å². The number of rotatable bonds is 2. The molecule has 0 amide bonds. The fraction of sp³-hybridized carbons (Fsp3) is 0.0667. The summed E-state index contributed by atoms with van der Waals surface area (Å²) in [6, 6.07) is 12.8. The van der Waals surface area contributed by atoms with Gasteiger partial charge in [0, 0.05) is 23.7 Å². The van der Waals surface area contributed by atoms with Crippen molar-refractivity contribution in [2.45, 2.75) is 6.42 Å². The molecule has 3 rings (SSSR count). The highest BCUT2D eigenvalue weighted by Crippen LogP contribution is 2.15. The Morgan fingerprint density at radius 1 is 1.20 bits per heavy atom. The zero-order chi connectivity index (χ0) is 13.9. The van der Waals surface area contributed by atoms with Crippen LogP contribution in [0.2, 0.25) is 0 Å². The third-order valence-electron chi connectivity index (χ3n) is 3.07. The van der Waals surface area contributed by atoms with Crippen molar-refractivity contribution < 1.29 is 0 Å². The molecular weight excluding hydrogens is 252 g/mol. The molecule has 0 radical (unpaired) electrons. The van der Waals surface area contributed by atoms with E-state index in [1.807, 2.05) is 18.2 Å². The molecule has 1 N–H and O–H groups in total. The Hall–Kier alpha value is -3.00. The van der Waals surface area contributed by atoms with E-state index in [1.54, 1.807) is 24.4 Å². The summed E-state index contributed by atoms with van der Waals surface area (Å²) >= 11 is 0. The van der Waals surface area contributed by atoms with E-state index in [0.717, 1.165) is 16.8 Å². The average Bonchev–Trinajstić information content (AvgIpc) is 2.51. The summed E-state index contributed by atoms with van der Waals surface area (Å²) in [4.78, 5) is 15.9. The highest BCUT2D eigenvalue weighted by molar-refractivity contribution is 5.83. The number of nitrogens with one attached hydrogen (secondary N) is 1. The molecule has 96 valence electrons. The number of hydrogen-bond acceptors (Lipinski definition) is 4. The molecule has 3 aromatic rings. The van der Waals surface area contributed by atoms with Crippen molar-refractivity contribution >= 4 is 10.8 Å². The summed E-state index contributed by atoms with van der Waals surface area (Å²) in [5.41, 5.74) is 1.84. The van der Waals surface area contributed by atoms with E-state index in [4.69, 9.17) is 5.26 Å². The zero-order valence-corrected chi connectivity index (χ0v) is 10.5. The average molecular weight is 262 g/mol.